The summed E-state index contributed by atoms with van der Waals surface area (Å²) in [6.07, 6.45) is 4.43. The van der Waals surface area contributed by atoms with E-state index in [9.17, 15) is 0 Å². The first-order valence-electron chi connectivity index (χ1n) is 5.15. The van der Waals surface area contributed by atoms with Crippen LogP contribution in [-0.2, 0) is 0 Å². The Morgan fingerprint density at radius 2 is 2.29 bits per heavy atom. The van der Waals surface area contributed by atoms with Gasteiger partial charge < -0.3 is 0 Å². The van der Waals surface area contributed by atoms with E-state index >= 15 is 0 Å². The molecule has 0 bridgehead atoms. The van der Waals surface area contributed by atoms with Gasteiger partial charge in [0.15, 0.2) is 0 Å². The lowest BCUT2D eigenvalue weighted by atomic mass is 9.97. The molecule has 0 spiro atoms. The van der Waals surface area contributed by atoms with Crippen LogP contribution in [0.1, 0.15) is 38.2 Å². The maximum atomic E-state index is 4.35. The van der Waals surface area contributed by atoms with Crippen molar-refractivity contribution >= 4 is 21.6 Å². The van der Waals surface area contributed by atoms with E-state index in [2.05, 4.69) is 36.3 Å². The molecule has 0 fully saturated rings. The summed E-state index contributed by atoms with van der Waals surface area (Å²) in [5.74, 6) is 0.657. The third-order valence-corrected chi connectivity index (χ3v) is 3.58. The smallest absolute Gasteiger partial charge is 0.0812 e. The number of hydrogen-bond acceptors (Lipinski definition) is 2. The van der Waals surface area contributed by atoms with Crippen molar-refractivity contribution in [2.45, 2.75) is 32.6 Å². The zero-order chi connectivity index (χ0) is 9.97. The number of hydrogen-bond donors (Lipinski definition) is 0. The molecule has 2 heteroatoms. The molecule has 1 atom stereocenters. The Morgan fingerprint density at radius 1 is 1.43 bits per heavy atom. The number of rotatable bonds is 3. The zero-order valence-corrected chi connectivity index (χ0v) is 9.47. The summed E-state index contributed by atoms with van der Waals surface area (Å²) in [7, 11) is 0. The Labute approximate surface area is 88.8 Å². The highest BCUT2D eigenvalue weighted by Crippen LogP contribution is 2.30. The third-order valence-electron chi connectivity index (χ3n) is 2.63. The molecule has 2 rings (SSSR count). The van der Waals surface area contributed by atoms with Crippen LogP contribution in [0, 0.1) is 0 Å². The molecule has 0 radical (unpaired) electrons. The molecule has 14 heavy (non-hydrogen) atoms. The highest BCUT2D eigenvalue weighted by molar-refractivity contribution is 7.17. The molecule has 2 heterocycles. The molecule has 0 saturated carbocycles. The van der Waals surface area contributed by atoms with E-state index in [4.69, 9.17) is 0 Å². The Kier molecular flexibility index (Phi) is 2.82. The van der Waals surface area contributed by atoms with Gasteiger partial charge in [-0.05, 0) is 35.4 Å². The van der Waals surface area contributed by atoms with Crippen LogP contribution in [0.4, 0.5) is 0 Å². The van der Waals surface area contributed by atoms with E-state index < -0.39 is 0 Å². The van der Waals surface area contributed by atoms with Crippen LogP contribution in [0.2, 0.25) is 0 Å². The second-order valence-corrected chi connectivity index (χ2v) is 4.64. The average molecular weight is 205 g/mol. The molecule has 0 saturated heterocycles. The first-order chi connectivity index (χ1) is 6.83. The lowest BCUT2D eigenvalue weighted by Crippen LogP contribution is -1.93. The average Bonchev–Trinajstić information content (AvgIpc) is 2.65. The van der Waals surface area contributed by atoms with Crippen molar-refractivity contribution in [2.75, 3.05) is 0 Å². The van der Waals surface area contributed by atoms with E-state index in [0.29, 0.717) is 5.92 Å². The molecule has 1 nitrogen and oxygen atoms in total. The minimum atomic E-state index is 0.657. The summed E-state index contributed by atoms with van der Waals surface area (Å²) in [6.45, 7) is 4.54. The maximum Gasteiger partial charge on any atom is 0.0812 e. The van der Waals surface area contributed by atoms with Gasteiger partial charge in [0.1, 0.15) is 0 Å². The van der Waals surface area contributed by atoms with E-state index in [-0.39, 0.29) is 0 Å². The summed E-state index contributed by atoms with van der Waals surface area (Å²) in [4.78, 5) is 4.35. The lowest BCUT2D eigenvalue weighted by molar-refractivity contribution is 0.669. The Bertz CT molecular complexity index is 419. The highest BCUT2D eigenvalue weighted by Gasteiger charge is 2.09. The van der Waals surface area contributed by atoms with Gasteiger partial charge >= 0.3 is 0 Å². The number of thiophene rings is 1. The largest absolute Gasteiger partial charge is 0.255 e. The molecular weight excluding hydrogens is 190 g/mol. The molecule has 0 aromatic carbocycles. The first kappa shape index (κ1) is 9.66. The second kappa shape index (κ2) is 4.09. The van der Waals surface area contributed by atoms with Gasteiger partial charge in [0.2, 0.25) is 0 Å². The molecule has 0 aliphatic carbocycles. The van der Waals surface area contributed by atoms with E-state index in [1.54, 1.807) is 11.3 Å². The van der Waals surface area contributed by atoms with Gasteiger partial charge in [0.25, 0.3) is 0 Å². The van der Waals surface area contributed by atoms with E-state index in [0.717, 1.165) is 5.52 Å². The van der Waals surface area contributed by atoms with Crippen molar-refractivity contribution in [3.05, 3.63) is 29.3 Å². The SMILES string of the molecule is CCCC(C)c1ccnc2ccsc12. The van der Waals surface area contributed by atoms with Crippen molar-refractivity contribution in [1.29, 1.82) is 0 Å². The molecule has 2 aromatic heterocycles. The van der Waals surface area contributed by atoms with Gasteiger partial charge in [-0.25, -0.2) is 0 Å². The molecule has 0 aliphatic heterocycles. The molecule has 1 unspecified atom stereocenters. The van der Waals surface area contributed by atoms with E-state index in [1.807, 2.05) is 6.20 Å². The predicted octanol–water partition coefficient (Wildman–Crippen LogP) is 4.20. The quantitative estimate of drug-likeness (QED) is 0.731. The maximum absolute atomic E-state index is 4.35. The van der Waals surface area contributed by atoms with Crippen LogP contribution in [-0.4, -0.2) is 4.98 Å². The van der Waals surface area contributed by atoms with Crippen molar-refractivity contribution < 1.29 is 0 Å². The standard InChI is InChI=1S/C12H15NS/c1-3-4-9(2)10-5-7-13-11-6-8-14-12(10)11/h5-9H,3-4H2,1-2H3. The fourth-order valence-corrected chi connectivity index (χ4v) is 2.85. The van der Waals surface area contributed by atoms with Crippen LogP contribution in [0.3, 0.4) is 0 Å². The van der Waals surface area contributed by atoms with Gasteiger partial charge in [-0.3, -0.25) is 4.98 Å². The van der Waals surface area contributed by atoms with Gasteiger partial charge in [0.05, 0.1) is 10.2 Å². The topological polar surface area (TPSA) is 12.9 Å². The van der Waals surface area contributed by atoms with Crippen LogP contribution in [0.5, 0.6) is 0 Å². The summed E-state index contributed by atoms with van der Waals surface area (Å²) in [5, 5.41) is 2.12. The second-order valence-electron chi connectivity index (χ2n) is 3.72. The minimum Gasteiger partial charge on any atom is -0.255 e. The fourth-order valence-electron chi connectivity index (χ4n) is 1.87. The molecule has 0 aliphatic rings. The van der Waals surface area contributed by atoms with Gasteiger partial charge in [0, 0.05) is 6.20 Å². The Morgan fingerprint density at radius 3 is 3.07 bits per heavy atom. The molecule has 74 valence electrons. The minimum absolute atomic E-state index is 0.657. The number of nitrogens with zero attached hydrogens (tertiary/aromatic N) is 1. The monoisotopic (exact) mass is 205 g/mol. The van der Waals surface area contributed by atoms with Crippen molar-refractivity contribution in [2.24, 2.45) is 0 Å². The van der Waals surface area contributed by atoms with Crippen LogP contribution in [0.25, 0.3) is 10.2 Å². The van der Waals surface area contributed by atoms with Crippen LogP contribution < -0.4 is 0 Å². The summed E-state index contributed by atoms with van der Waals surface area (Å²) >= 11 is 1.81. The first-order valence-corrected chi connectivity index (χ1v) is 6.03. The number of pyridine rings is 1. The lowest BCUT2D eigenvalue weighted by Gasteiger charge is -2.10. The zero-order valence-electron chi connectivity index (χ0n) is 8.66. The molecular formula is C12H15NS. The number of fused-ring (bicyclic) bond motifs is 1. The van der Waals surface area contributed by atoms with Gasteiger partial charge in [-0.2, -0.15) is 0 Å². The third kappa shape index (κ3) is 1.67. The van der Waals surface area contributed by atoms with Crippen LogP contribution >= 0.6 is 11.3 Å². The van der Waals surface area contributed by atoms with Crippen molar-refractivity contribution in [3.63, 3.8) is 0 Å². The Balaban J connectivity index is 2.45. The summed E-state index contributed by atoms with van der Waals surface area (Å²) in [6, 6.07) is 4.27. The summed E-state index contributed by atoms with van der Waals surface area (Å²) < 4.78 is 1.37. The normalized spacial score (nSPS) is 13.3. The van der Waals surface area contributed by atoms with Crippen molar-refractivity contribution in [1.82, 2.24) is 4.98 Å². The highest BCUT2D eigenvalue weighted by atomic mass is 32.1. The number of aromatic nitrogens is 1. The molecule has 2 aromatic rings. The van der Waals surface area contributed by atoms with E-state index in [1.165, 1.54) is 23.1 Å². The van der Waals surface area contributed by atoms with Gasteiger partial charge in [-0.1, -0.05) is 20.3 Å². The molecule has 0 N–H and O–H groups in total. The predicted molar refractivity (Wildman–Crippen MR) is 62.9 cm³/mol. The summed E-state index contributed by atoms with van der Waals surface area (Å²) in [5.41, 5.74) is 2.61. The van der Waals surface area contributed by atoms with Crippen molar-refractivity contribution in [3.8, 4) is 0 Å². The van der Waals surface area contributed by atoms with Crippen LogP contribution in [0.15, 0.2) is 23.7 Å². The fraction of sp³-hybridized carbons (Fsp3) is 0.417. The molecule has 0 amide bonds. The Hall–Kier alpha value is -0.890. The van der Waals surface area contributed by atoms with Gasteiger partial charge in [-0.15, -0.1) is 11.3 Å².